The van der Waals surface area contributed by atoms with Crippen LogP contribution in [-0.4, -0.2) is 27.7 Å². The molecule has 110 valence electrons. The number of nitrogens with zero attached hydrogens (tertiary/aromatic N) is 2. The van der Waals surface area contributed by atoms with Crippen molar-refractivity contribution in [2.75, 3.05) is 37.5 Å². The van der Waals surface area contributed by atoms with Crippen molar-refractivity contribution >= 4 is 23.6 Å². The highest BCUT2D eigenvalue weighted by molar-refractivity contribution is 7.71. The Morgan fingerprint density at radius 2 is 1.53 bits per heavy atom. The normalized spacial score (nSPS) is 10.9. The molecular weight excluding hydrogens is 256 g/mol. The lowest BCUT2D eigenvalue weighted by atomic mass is 9.92. The predicted molar refractivity (Wildman–Crippen MR) is 88.9 cm³/mol. The van der Waals surface area contributed by atoms with E-state index in [1.807, 2.05) is 44.8 Å². The molecule has 1 rings (SSSR count). The maximum absolute atomic E-state index is 11.8. The third kappa shape index (κ3) is 4.60. The van der Waals surface area contributed by atoms with Crippen molar-refractivity contribution in [3.63, 3.8) is 0 Å². The smallest absolute Gasteiger partial charge is 0.224 e. The Balaban J connectivity index is 0.00000154. The van der Waals surface area contributed by atoms with Crippen molar-refractivity contribution in [3.8, 4) is 0 Å². The molecule has 1 aromatic carbocycles. The summed E-state index contributed by atoms with van der Waals surface area (Å²) in [6, 6.07) is 0. The van der Waals surface area contributed by atoms with Gasteiger partial charge in [-0.2, -0.15) is 0 Å². The molecule has 0 aliphatic heterocycles. The SMILES string of the molecule is CC.CN(C)c1c(N(C)CCC(C)(C)C)c(=O)c1=S. The molecule has 0 radical (unpaired) electrons. The molecule has 1 aromatic rings. The summed E-state index contributed by atoms with van der Waals surface area (Å²) < 4.78 is 0.465. The van der Waals surface area contributed by atoms with Crippen LogP contribution in [0.2, 0.25) is 0 Å². The molecule has 0 aromatic heterocycles. The largest absolute Gasteiger partial charge is 0.375 e. The Morgan fingerprint density at radius 1 is 1.05 bits per heavy atom. The van der Waals surface area contributed by atoms with E-state index in [2.05, 4.69) is 20.8 Å². The van der Waals surface area contributed by atoms with Crippen LogP contribution in [0.5, 0.6) is 0 Å². The fraction of sp³-hybridized carbons (Fsp3) is 0.733. The standard InChI is InChI=1S/C13H22N2OS.C2H6/c1-13(2,3)7-8-15(6)9-10(14(4)5)12(17)11(9)16;1-2/h7-8H2,1-6H3;1-2H3. The molecule has 3 nitrogen and oxygen atoms in total. The Bertz CT molecular complexity index is 465. The molecule has 0 N–H and O–H groups in total. The third-order valence-corrected chi connectivity index (χ3v) is 3.27. The number of rotatable bonds is 4. The van der Waals surface area contributed by atoms with E-state index in [9.17, 15) is 4.79 Å². The lowest BCUT2D eigenvalue weighted by Gasteiger charge is -2.29. The van der Waals surface area contributed by atoms with Crippen LogP contribution in [-0.2, 0) is 0 Å². The lowest BCUT2D eigenvalue weighted by Crippen LogP contribution is -2.33. The second-order valence-corrected chi connectivity index (χ2v) is 6.39. The van der Waals surface area contributed by atoms with Crippen LogP contribution in [0.25, 0.3) is 0 Å². The molecule has 0 unspecified atom stereocenters. The van der Waals surface area contributed by atoms with Crippen molar-refractivity contribution in [1.29, 1.82) is 0 Å². The molecule has 0 amide bonds. The Morgan fingerprint density at radius 3 is 1.89 bits per heavy atom. The van der Waals surface area contributed by atoms with Crippen LogP contribution >= 0.6 is 12.2 Å². The second kappa shape index (κ2) is 7.04. The maximum Gasteiger partial charge on any atom is 0.224 e. The minimum Gasteiger partial charge on any atom is -0.375 e. The number of hydrogen-bond donors (Lipinski definition) is 0. The zero-order valence-electron chi connectivity index (χ0n) is 13.6. The van der Waals surface area contributed by atoms with Gasteiger partial charge in [0, 0.05) is 27.7 Å². The monoisotopic (exact) mass is 284 g/mol. The van der Waals surface area contributed by atoms with Gasteiger partial charge in [-0.3, -0.25) is 4.79 Å². The van der Waals surface area contributed by atoms with Gasteiger partial charge in [0.25, 0.3) is 0 Å². The van der Waals surface area contributed by atoms with E-state index >= 15 is 0 Å². The van der Waals surface area contributed by atoms with Crippen molar-refractivity contribution in [3.05, 3.63) is 14.7 Å². The summed E-state index contributed by atoms with van der Waals surface area (Å²) in [5.41, 5.74) is 1.96. The van der Waals surface area contributed by atoms with Crippen LogP contribution in [0.3, 0.4) is 0 Å². The maximum atomic E-state index is 11.8. The van der Waals surface area contributed by atoms with Gasteiger partial charge in [-0.1, -0.05) is 46.8 Å². The van der Waals surface area contributed by atoms with Crippen molar-refractivity contribution in [2.24, 2.45) is 5.41 Å². The topological polar surface area (TPSA) is 23.6 Å². The van der Waals surface area contributed by atoms with E-state index in [1.54, 1.807) is 0 Å². The highest BCUT2D eigenvalue weighted by Crippen LogP contribution is 2.29. The minimum absolute atomic E-state index is 0.0140. The highest BCUT2D eigenvalue weighted by Gasteiger charge is 2.23. The summed E-state index contributed by atoms with van der Waals surface area (Å²) in [7, 11) is 5.81. The molecule has 0 heterocycles. The van der Waals surface area contributed by atoms with E-state index < -0.39 is 0 Å². The first-order valence-corrected chi connectivity index (χ1v) is 7.28. The second-order valence-electron chi connectivity index (χ2n) is 5.98. The summed E-state index contributed by atoms with van der Waals surface area (Å²) >= 11 is 5.08. The first kappa shape index (κ1) is 18.1. The predicted octanol–water partition coefficient (Wildman–Crippen LogP) is 3.62. The molecule has 0 aliphatic carbocycles. The number of hydrogen-bond acceptors (Lipinski definition) is 4. The van der Waals surface area contributed by atoms with E-state index in [0.29, 0.717) is 4.51 Å². The Labute approximate surface area is 122 Å². The first-order valence-electron chi connectivity index (χ1n) is 6.87. The van der Waals surface area contributed by atoms with E-state index in [4.69, 9.17) is 12.2 Å². The van der Waals surface area contributed by atoms with Gasteiger partial charge in [0.2, 0.25) is 5.43 Å². The molecule has 0 saturated carbocycles. The summed E-state index contributed by atoms with van der Waals surface area (Å²) in [5.74, 6) is 0. The third-order valence-electron chi connectivity index (χ3n) is 2.89. The molecule has 0 spiro atoms. The highest BCUT2D eigenvalue weighted by atomic mass is 32.1. The summed E-state index contributed by atoms with van der Waals surface area (Å²) in [6.07, 6.45) is 1.05. The Hall–Kier alpha value is -0.900. The first-order chi connectivity index (χ1) is 8.65. The van der Waals surface area contributed by atoms with Crippen LogP contribution < -0.4 is 15.2 Å². The molecule has 0 fully saturated rings. The van der Waals surface area contributed by atoms with Crippen molar-refractivity contribution in [2.45, 2.75) is 41.0 Å². The van der Waals surface area contributed by atoms with Gasteiger partial charge in [0.15, 0.2) is 0 Å². The van der Waals surface area contributed by atoms with Gasteiger partial charge in [0.1, 0.15) is 10.2 Å². The van der Waals surface area contributed by atoms with Crippen LogP contribution in [0.4, 0.5) is 11.4 Å². The van der Waals surface area contributed by atoms with Gasteiger partial charge >= 0.3 is 0 Å². The summed E-state index contributed by atoms with van der Waals surface area (Å²) in [5, 5.41) is 0. The fourth-order valence-corrected chi connectivity index (χ4v) is 2.13. The van der Waals surface area contributed by atoms with Gasteiger partial charge in [-0.05, 0) is 11.8 Å². The van der Waals surface area contributed by atoms with Gasteiger partial charge in [-0.25, -0.2) is 0 Å². The van der Waals surface area contributed by atoms with Crippen LogP contribution in [0, 0.1) is 9.93 Å². The summed E-state index contributed by atoms with van der Waals surface area (Å²) in [4.78, 5) is 15.7. The Kier molecular flexibility index (Phi) is 6.70. The van der Waals surface area contributed by atoms with Gasteiger partial charge in [-0.15, -0.1) is 0 Å². The zero-order valence-corrected chi connectivity index (χ0v) is 14.4. The fourth-order valence-electron chi connectivity index (χ4n) is 1.75. The quantitative estimate of drug-likeness (QED) is 0.788. The molecular formula is C15H28N2OS. The van der Waals surface area contributed by atoms with Gasteiger partial charge < -0.3 is 9.80 Å². The summed E-state index contributed by atoms with van der Waals surface area (Å²) in [6.45, 7) is 11.5. The van der Waals surface area contributed by atoms with Crippen molar-refractivity contribution in [1.82, 2.24) is 0 Å². The van der Waals surface area contributed by atoms with Crippen LogP contribution in [0.1, 0.15) is 41.0 Å². The minimum atomic E-state index is 0.0140. The van der Waals surface area contributed by atoms with Crippen molar-refractivity contribution < 1.29 is 0 Å². The molecule has 19 heavy (non-hydrogen) atoms. The molecule has 0 saturated heterocycles. The average molecular weight is 284 g/mol. The van der Waals surface area contributed by atoms with Gasteiger partial charge in [0.05, 0.1) is 5.69 Å². The van der Waals surface area contributed by atoms with E-state index in [1.165, 1.54) is 0 Å². The average Bonchev–Trinajstić information content (AvgIpc) is 2.32. The molecule has 0 atom stereocenters. The van der Waals surface area contributed by atoms with Crippen LogP contribution in [0.15, 0.2) is 4.79 Å². The molecule has 0 aliphatic rings. The number of anilines is 2. The molecule has 0 bridgehead atoms. The lowest BCUT2D eigenvalue weighted by molar-refractivity contribution is 0.381. The molecule has 4 heteroatoms. The van der Waals surface area contributed by atoms with E-state index in [0.717, 1.165) is 24.3 Å². The zero-order chi connectivity index (χ0) is 15.4. The van der Waals surface area contributed by atoms with E-state index in [-0.39, 0.29) is 10.8 Å².